The van der Waals surface area contributed by atoms with Gasteiger partial charge in [-0.05, 0) is 43.4 Å². The second-order valence-corrected chi connectivity index (χ2v) is 9.15. The van der Waals surface area contributed by atoms with Crippen molar-refractivity contribution in [2.45, 2.75) is 84.9 Å². The Morgan fingerprint density at radius 2 is 1.67 bits per heavy atom. The van der Waals surface area contributed by atoms with Crippen molar-refractivity contribution < 1.29 is 4.74 Å². The first-order chi connectivity index (χ1) is 9.63. The molecule has 124 valence electrons. The summed E-state index contributed by atoms with van der Waals surface area (Å²) in [6.45, 7) is 16.8. The number of hydrogen-bond acceptors (Lipinski definition) is 3. The molecule has 3 heteroatoms. The van der Waals surface area contributed by atoms with Crippen molar-refractivity contribution in [3.05, 3.63) is 0 Å². The normalized spacial score (nSPS) is 35.6. The van der Waals surface area contributed by atoms with E-state index in [0.29, 0.717) is 23.0 Å². The van der Waals surface area contributed by atoms with E-state index in [2.05, 4.69) is 46.4 Å². The molecule has 1 aliphatic carbocycles. The fourth-order valence-corrected chi connectivity index (χ4v) is 5.49. The van der Waals surface area contributed by atoms with Gasteiger partial charge in [-0.15, -0.1) is 0 Å². The molecule has 0 aromatic carbocycles. The summed E-state index contributed by atoms with van der Waals surface area (Å²) in [5.41, 5.74) is 7.26. The van der Waals surface area contributed by atoms with Crippen LogP contribution in [-0.4, -0.2) is 42.3 Å². The zero-order valence-electron chi connectivity index (χ0n) is 15.0. The van der Waals surface area contributed by atoms with Crippen molar-refractivity contribution in [3.8, 4) is 0 Å². The first kappa shape index (κ1) is 17.2. The molecule has 1 saturated carbocycles. The van der Waals surface area contributed by atoms with E-state index < -0.39 is 0 Å². The van der Waals surface area contributed by atoms with Crippen molar-refractivity contribution >= 4 is 0 Å². The fraction of sp³-hybridized carbons (Fsp3) is 1.00. The minimum atomic E-state index is 0.143. The van der Waals surface area contributed by atoms with Crippen molar-refractivity contribution in [2.75, 3.05) is 19.7 Å². The fourth-order valence-electron chi connectivity index (χ4n) is 5.49. The number of rotatable bonds is 3. The third kappa shape index (κ3) is 3.62. The van der Waals surface area contributed by atoms with E-state index in [0.717, 1.165) is 26.1 Å². The van der Waals surface area contributed by atoms with Crippen LogP contribution < -0.4 is 5.73 Å². The van der Waals surface area contributed by atoms with Crippen molar-refractivity contribution in [1.82, 2.24) is 4.90 Å². The molecule has 21 heavy (non-hydrogen) atoms. The Balaban J connectivity index is 2.34. The van der Waals surface area contributed by atoms with Gasteiger partial charge in [0.1, 0.15) is 0 Å². The Morgan fingerprint density at radius 3 is 2.14 bits per heavy atom. The van der Waals surface area contributed by atoms with Crippen molar-refractivity contribution in [1.29, 1.82) is 0 Å². The molecular formula is C18H36N2O. The highest BCUT2D eigenvalue weighted by atomic mass is 16.5. The number of ether oxygens (including phenoxy) is 1. The van der Waals surface area contributed by atoms with Gasteiger partial charge in [-0.2, -0.15) is 0 Å². The van der Waals surface area contributed by atoms with E-state index >= 15 is 0 Å². The number of morpholine rings is 1. The van der Waals surface area contributed by atoms with E-state index in [9.17, 15) is 0 Å². The molecule has 2 unspecified atom stereocenters. The van der Waals surface area contributed by atoms with Gasteiger partial charge in [-0.25, -0.2) is 0 Å². The Kier molecular flexibility index (Phi) is 4.78. The van der Waals surface area contributed by atoms with Crippen LogP contribution in [0.15, 0.2) is 0 Å². The van der Waals surface area contributed by atoms with Crippen LogP contribution in [0.3, 0.4) is 0 Å². The standard InChI is InChI=1S/C18H36N2O/c1-7-15-9-21-14(2)8-20(15)18(13-19)11-16(3,4)10-17(5,6)12-18/h14-15H,7-13,19H2,1-6H3. The molecule has 0 radical (unpaired) electrons. The Labute approximate surface area is 131 Å². The summed E-state index contributed by atoms with van der Waals surface area (Å²) in [7, 11) is 0. The SMILES string of the molecule is CCC1COC(C)CN1C1(CN)CC(C)(C)CC(C)(C)C1. The van der Waals surface area contributed by atoms with Gasteiger partial charge in [0.25, 0.3) is 0 Å². The largest absolute Gasteiger partial charge is 0.376 e. The van der Waals surface area contributed by atoms with Crippen LogP contribution in [0.25, 0.3) is 0 Å². The zero-order chi connectivity index (χ0) is 15.9. The Hall–Kier alpha value is -0.120. The summed E-state index contributed by atoms with van der Waals surface area (Å²) in [6, 6.07) is 0.523. The van der Waals surface area contributed by atoms with Crippen LogP contribution in [0.2, 0.25) is 0 Å². The van der Waals surface area contributed by atoms with Crippen LogP contribution in [0.4, 0.5) is 0 Å². The lowest BCUT2D eigenvalue weighted by Gasteiger charge is -2.59. The average molecular weight is 296 g/mol. The topological polar surface area (TPSA) is 38.5 Å². The van der Waals surface area contributed by atoms with E-state index in [1.807, 2.05) is 0 Å². The number of hydrogen-bond donors (Lipinski definition) is 1. The second kappa shape index (κ2) is 5.82. The van der Waals surface area contributed by atoms with E-state index in [1.54, 1.807) is 0 Å². The highest BCUT2D eigenvalue weighted by molar-refractivity contribution is 5.06. The number of nitrogens with two attached hydrogens (primary N) is 1. The first-order valence-electron chi connectivity index (χ1n) is 8.71. The van der Waals surface area contributed by atoms with Gasteiger partial charge in [0.2, 0.25) is 0 Å². The third-order valence-corrected chi connectivity index (χ3v) is 5.50. The molecule has 1 heterocycles. The van der Waals surface area contributed by atoms with Crippen molar-refractivity contribution in [3.63, 3.8) is 0 Å². The lowest BCUT2D eigenvalue weighted by molar-refractivity contribution is -0.134. The molecule has 2 rings (SSSR count). The van der Waals surface area contributed by atoms with Crippen LogP contribution in [0, 0.1) is 10.8 Å². The molecule has 1 saturated heterocycles. The average Bonchev–Trinajstić information content (AvgIpc) is 2.35. The summed E-state index contributed by atoms with van der Waals surface area (Å²) in [5, 5.41) is 0. The van der Waals surface area contributed by atoms with Crippen LogP contribution in [-0.2, 0) is 4.74 Å². The molecule has 2 atom stereocenters. The highest BCUT2D eigenvalue weighted by Crippen LogP contribution is 2.52. The predicted molar refractivity (Wildman–Crippen MR) is 89.4 cm³/mol. The zero-order valence-corrected chi connectivity index (χ0v) is 15.0. The van der Waals surface area contributed by atoms with Gasteiger partial charge in [0.05, 0.1) is 12.7 Å². The second-order valence-electron chi connectivity index (χ2n) is 9.15. The minimum absolute atomic E-state index is 0.143. The van der Waals surface area contributed by atoms with Crippen LogP contribution in [0.5, 0.6) is 0 Å². The summed E-state index contributed by atoms with van der Waals surface area (Å²) < 4.78 is 5.91. The van der Waals surface area contributed by atoms with E-state index in [-0.39, 0.29) is 5.54 Å². The van der Waals surface area contributed by atoms with Crippen LogP contribution in [0.1, 0.15) is 67.2 Å². The molecule has 0 spiro atoms. The van der Waals surface area contributed by atoms with Crippen molar-refractivity contribution in [2.24, 2.45) is 16.6 Å². The molecule has 2 fully saturated rings. The van der Waals surface area contributed by atoms with Gasteiger partial charge in [-0.1, -0.05) is 34.6 Å². The van der Waals surface area contributed by atoms with Gasteiger partial charge < -0.3 is 10.5 Å². The van der Waals surface area contributed by atoms with E-state index in [1.165, 1.54) is 19.3 Å². The molecule has 0 bridgehead atoms. The lowest BCUT2D eigenvalue weighted by atomic mass is 9.57. The molecule has 3 nitrogen and oxygen atoms in total. The smallest absolute Gasteiger partial charge is 0.0675 e. The molecule has 2 N–H and O–H groups in total. The quantitative estimate of drug-likeness (QED) is 0.867. The molecule has 0 aromatic heterocycles. The number of nitrogens with zero attached hydrogens (tertiary/aromatic N) is 1. The predicted octanol–water partition coefficient (Wildman–Crippen LogP) is 3.42. The molecule has 2 aliphatic rings. The summed E-state index contributed by atoms with van der Waals surface area (Å²) in [4.78, 5) is 2.73. The molecule has 0 amide bonds. The van der Waals surface area contributed by atoms with E-state index in [4.69, 9.17) is 10.5 Å². The first-order valence-corrected chi connectivity index (χ1v) is 8.71. The third-order valence-electron chi connectivity index (χ3n) is 5.50. The summed E-state index contributed by atoms with van der Waals surface area (Å²) in [6.07, 6.45) is 5.18. The minimum Gasteiger partial charge on any atom is -0.376 e. The maximum absolute atomic E-state index is 6.39. The van der Waals surface area contributed by atoms with Gasteiger partial charge in [0.15, 0.2) is 0 Å². The maximum atomic E-state index is 6.39. The Bertz CT molecular complexity index is 348. The maximum Gasteiger partial charge on any atom is 0.0675 e. The summed E-state index contributed by atoms with van der Waals surface area (Å²) >= 11 is 0. The van der Waals surface area contributed by atoms with Gasteiger partial charge in [0, 0.05) is 24.7 Å². The highest BCUT2D eigenvalue weighted by Gasteiger charge is 2.51. The van der Waals surface area contributed by atoms with Gasteiger partial charge >= 0.3 is 0 Å². The lowest BCUT2D eigenvalue weighted by Crippen LogP contribution is -2.66. The van der Waals surface area contributed by atoms with Gasteiger partial charge in [-0.3, -0.25) is 4.90 Å². The molecule has 0 aromatic rings. The van der Waals surface area contributed by atoms with Crippen LogP contribution >= 0.6 is 0 Å². The summed E-state index contributed by atoms with van der Waals surface area (Å²) in [5.74, 6) is 0. The molecule has 1 aliphatic heterocycles. The monoisotopic (exact) mass is 296 g/mol. The Morgan fingerprint density at radius 1 is 1.10 bits per heavy atom. The molecular weight excluding hydrogens is 260 g/mol.